The van der Waals surface area contributed by atoms with Gasteiger partial charge in [0.1, 0.15) is 5.75 Å². The van der Waals surface area contributed by atoms with Crippen LogP contribution in [0.15, 0.2) is 42.5 Å². The minimum absolute atomic E-state index is 0.140. The van der Waals surface area contributed by atoms with Crippen molar-refractivity contribution in [1.82, 2.24) is 15.1 Å². The Labute approximate surface area is 168 Å². The molecule has 0 unspecified atom stereocenters. The molecular weight excluding hydrogens is 372 g/mol. The van der Waals surface area contributed by atoms with Crippen LogP contribution in [0.5, 0.6) is 5.75 Å². The molecule has 3 aromatic rings. The second kappa shape index (κ2) is 8.06. The highest BCUT2D eigenvalue weighted by atomic mass is 32.1. The van der Waals surface area contributed by atoms with Crippen LogP contribution < -0.4 is 9.64 Å². The van der Waals surface area contributed by atoms with E-state index in [0.29, 0.717) is 6.54 Å². The van der Waals surface area contributed by atoms with Crippen LogP contribution in [0.2, 0.25) is 0 Å². The molecule has 1 fully saturated rings. The first kappa shape index (κ1) is 18.6. The van der Waals surface area contributed by atoms with Gasteiger partial charge >= 0.3 is 0 Å². The van der Waals surface area contributed by atoms with E-state index in [4.69, 9.17) is 4.74 Å². The van der Waals surface area contributed by atoms with Crippen LogP contribution in [0.1, 0.15) is 21.0 Å². The van der Waals surface area contributed by atoms with E-state index >= 15 is 0 Å². The lowest BCUT2D eigenvalue weighted by molar-refractivity contribution is 0.0772. The molecule has 0 spiro atoms. The van der Waals surface area contributed by atoms with Crippen molar-refractivity contribution >= 4 is 23.1 Å². The van der Waals surface area contributed by atoms with E-state index in [1.165, 1.54) is 4.88 Å². The quantitative estimate of drug-likeness (QED) is 0.729. The van der Waals surface area contributed by atoms with Crippen molar-refractivity contribution in [3.8, 4) is 17.0 Å². The summed E-state index contributed by atoms with van der Waals surface area (Å²) in [6, 6.07) is 13.9. The van der Waals surface area contributed by atoms with Gasteiger partial charge in [-0.05, 0) is 55.3 Å². The Kier molecular flexibility index (Phi) is 5.34. The molecule has 7 heteroatoms. The van der Waals surface area contributed by atoms with E-state index in [2.05, 4.69) is 21.2 Å². The van der Waals surface area contributed by atoms with Crippen molar-refractivity contribution in [1.29, 1.82) is 0 Å². The number of carbonyl (C=O) groups is 1. The van der Waals surface area contributed by atoms with E-state index in [1.54, 1.807) is 18.4 Å². The maximum Gasteiger partial charge on any atom is 0.263 e. The van der Waals surface area contributed by atoms with Crippen molar-refractivity contribution in [3.05, 3.63) is 52.2 Å². The third-order valence-electron chi connectivity index (χ3n) is 5.02. The van der Waals surface area contributed by atoms with Crippen LogP contribution in [-0.2, 0) is 0 Å². The molecule has 1 aliphatic rings. The average molecular weight is 397 g/mol. The summed E-state index contributed by atoms with van der Waals surface area (Å²) in [7, 11) is 1.66. The number of aromatic nitrogens is 2. The monoisotopic (exact) mass is 396 g/mol. The van der Waals surface area contributed by atoms with Crippen molar-refractivity contribution in [2.24, 2.45) is 0 Å². The number of ether oxygens (including phenoxy) is 1. The number of aromatic amines is 1. The summed E-state index contributed by atoms with van der Waals surface area (Å²) in [6.07, 6.45) is 0.931. The van der Waals surface area contributed by atoms with Gasteiger partial charge in [0.05, 0.1) is 17.7 Å². The lowest BCUT2D eigenvalue weighted by Crippen LogP contribution is -2.34. The molecule has 146 valence electrons. The molecule has 0 bridgehead atoms. The van der Waals surface area contributed by atoms with Crippen LogP contribution >= 0.6 is 11.3 Å². The smallest absolute Gasteiger partial charge is 0.263 e. The van der Waals surface area contributed by atoms with Crippen LogP contribution in [0.4, 0.5) is 5.82 Å². The summed E-state index contributed by atoms with van der Waals surface area (Å²) < 4.78 is 5.22. The molecule has 1 aliphatic heterocycles. The predicted molar refractivity (Wildman–Crippen MR) is 112 cm³/mol. The molecule has 4 rings (SSSR count). The molecule has 3 heterocycles. The normalized spacial score (nSPS) is 14.8. The lowest BCUT2D eigenvalue weighted by Gasteiger charge is -2.21. The number of anilines is 1. The van der Waals surface area contributed by atoms with E-state index in [-0.39, 0.29) is 5.91 Å². The van der Waals surface area contributed by atoms with Crippen molar-refractivity contribution in [2.75, 3.05) is 38.2 Å². The largest absolute Gasteiger partial charge is 0.497 e. The van der Waals surface area contributed by atoms with Crippen LogP contribution in [0.3, 0.4) is 0 Å². The highest BCUT2D eigenvalue weighted by Crippen LogP contribution is 2.25. The summed E-state index contributed by atoms with van der Waals surface area (Å²) in [5, 5.41) is 7.63. The maximum atomic E-state index is 12.7. The molecule has 0 saturated carbocycles. The topological polar surface area (TPSA) is 61.5 Å². The zero-order valence-electron chi connectivity index (χ0n) is 16.1. The molecule has 0 radical (unpaired) electrons. The van der Waals surface area contributed by atoms with Crippen LogP contribution in [0.25, 0.3) is 11.3 Å². The summed E-state index contributed by atoms with van der Waals surface area (Å²) in [5.41, 5.74) is 2.04. The molecule has 0 aliphatic carbocycles. The Morgan fingerprint density at radius 3 is 2.64 bits per heavy atom. The number of hydrogen-bond acceptors (Lipinski definition) is 5. The molecule has 28 heavy (non-hydrogen) atoms. The fourth-order valence-electron chi connectivity index (χ4n) is 3.45. The molecule has 1 saturated heterocycles. The van der Waals surface area contributed by atoms with E-state index in [0.717, 1.165) is 53.8 Å². The number of benzene rings is 1. The Morgan fingerprint density at radius 2 is 1.93 bits per heavy atom. The first-order chi connectivity index (χ1) is 13.6. The summed E-state index contributed by atoms with van der Waals surface area (Å²) >= 11 is 1.57. The zero-order chi connectivity index (χ0) is 19.5. The first-order valence-corrected chi connectivity index (χ1v) is 10.3. The van der Waals surface area contributed by atoms with E-state index in [1.807, 2.05) is 48.2 Å². The highest BCUT2D eigenvalue weighted by molar-refractivity contribution is 7.13. The van der Waals surface area contributed by atoms with Crippen molar-refractivity contribution in [2.45, 2.75) is 13.3 Å². The molecule has 2 aromatic heterocycles. The van der Waals surface area contributed by atoms with Crippen LogP contribution in [-0.4, -0.2) is 54.3 Å². The number of thiophene rings is 1. The van der Waals surface area contributed by atoms with Gasteiger partial charge < -0.3 is 14.5 Å². The third kappa shape index (κ3) is 3.89. The number of aryl methyl sites for hydroxylation is 1. The number of hydrogen-bond donors (Lipinski definition) is 1. The average Bonchev–Trinajstić information content (AvgIpc) is 3.31. The van der Waals surface area contributed by atoms with Gasteiger partial charge in [-0.1, -0.05) is 0 Å². The van der Waals surface area contributed by atoms with Crippen molar-refractivity contribution < 1.29 is 9.53 Å². The fourth-order valence-corrected chi connectivity index (χ4v) is 4.28. The molecule has 1 amide bonds. The van der Waals surface area contributed by atoms with Gasteiger partial charge in [0.2, 0.25) is 0 Å². The van der Waals surface area contributed by atoms with E-state index in [9.17, 15) is 4.79 Å². The number of methoxy groups -OCH3 is 1. The van der Waals surface area contributed by atoms with Gasteiger partial charge in [-0.3, -0.25) is 9.89 Å². The predicted octanol–water partition coefficient (Wildman–Crippen LogP) is 3.81. The molecule has 6 nitrogen and oxygen atoms in total. The minimum Gasteiger partial charge on any atom is -0.497 e. The number of nitrogens with zero attached hydrogens (tertiary/aromatic N) is 3. The number of nitrogens with one attached hydrogen (secondary N) is 1. The Morgan fingerprint density at radius 1 is 1.11 bits per heavy atom. The number of H-pyrrole nitrogens is 1. The minimum atomic E-state index is 0.140. The third-order valence-corrected chi connectivity index (χ3v) is 6.01. The second-order valence-corrected chi connectivity index (χ2v) is 8.20. The number of amides is 1. The Bertz CT molecular complexity index is 947. The van der Waals surface area contributed by atoms with Gasteiger partial charge in [-0.2, -0.15) is 5.10 Å². The molecular formula is C21H24N4O2S. The second-order valence-electron chi connectivity index (χ2n) is 6.91. The Hall–Kier alpha value is -2.80. The first-order valence-electron chi connectivity index (χ1n) is 9.44. The SMILES string of the molecule is COc1ccc(-c2cc(N3CCCN(C(=O)c4ccc(C)s4)CC3)n[nH]2)cc1. The molecule has 0 atom stereocenters. The Balaban J connectivity index is 1.43. The van der Waals surface area contributed by atoms with Gasteiger partial charge in [0.25, 0.3) is 5.91 Å². The molecule has 1 aromatic carbocycles. The summed E-state index contributed by atoms with van der Waals surface area (Å²) in [6.45, 7) is 5.19. The lowest BCUT2D eigenvalue weighted by atomic mass is 10.1. The standard InChI is InChI=1S/C21H24N4O2S/c1-15-4-9-19(28-15)21(26)25-11-3-10-24(12-13-25)20-14-18(22-23-20)16-5-7-17(27-2)8-6-16/h4-9,14H,3,10-13H2,1-2H3,(H,22,23). The van der Waals surface area contributed by atoms with Crippen molar-refractivity contribution in [3.63, 3.8) is 0 Å². The zero-order valence-corrected chi connectivity index (χ0v) is 17.0. The summed E-state index contributed by atoms with van der Waals surface area (Å²) in [5.74, 6) is 1.90. The molecule has 1 N–H and O–H groups in total. The van der Waals surface area contributed by atoms with Gasteiger partial charge in [-0.25, -0.2) is 0 Å². The van der Waals surface area contributed by atoms with Crippen LogP contribution in [0, 0.1) is 6.92 Å². The number of carbonyl (C=O) groups excluding carboxylic acids is 1. The fraction of sp³-hybridized carbons (Fsp3) is 0.333. The van der Waals surface area contributed by atoms with Gasteiger partial charge in [-0.15, -0.1) is 11.3 Å². The highest BCUT2D eigenvalue weighted by Gasteiger charge is 2.22. The maximum absolute atomic E-state index is 12.7. The number of rotatable bonds is 4. The van der Waals surface area contributed by atoms with Gasteiger partial charge in [0, 0.05) is 37.1 Å². The van der Waals surface area contributed by atoms with E-state index < -0.39 is 0 Å². The summed E-state index contributed by atoms with van der Waals surface area (Å²) in [4.78, 5) is 18.9. The van der Waals surface area contributed by atoms with Gasteiger partial charge in [0.15, 0.2) is 5.82 Å².